The van der Waals surface area contributed by atoms with Gasteiger partial charge in [0, 0.05) is 6.92 Å². The molecule has 0 aromatic rings. The summed E-state index contributed by atoms with van der Waals surface area (Å²) in [6, 6.07) is -0.473. The van der Waals surface area contributed by atoms with Crippen LogP contribution in [0.25, 0.3) is 0 Å². The van der Waals surface area contributed by atoms with Crippen LogP contribution in [0.1, 0.15) is 13.3 Å². The lowest BCUT2D eigenvalue weighted by Gasteiger charge is -2.28. The van der Waals surface area contributed by atoms with Crippen molar-refractivity contribution in [2.75, 3.05) is 20.6 Å². The Kier molecular flexibility index (Phi) is 6.15. The Morgan fingerprint density at radius 3 is 1.86 bits per heavy atom. The van der Waals surface area contributed by atoms with Crippen LogP contribution in [0.4, 0.5) is 13.2 Å². The summed E-state index contributed by atoms with van der Waals surface area (Å²) in [6.45, 7) is 1.91. The highest BCUT2D eigenvalue weighted by molar-refractivity contribution is 5.73. The quantitative estimate of drug-likeness (QED) is 0.568. The van der Waals surface area contributed by atoms with E-state index < -0.39 is 24.2 Å². The molecule has 7 nitrogen and oxygen atoms in total. The maximum Gasteiger partial charge on any atom is 0.490 e. The van der Waals surface area contributed by atoms with Gasteiger partial charge in [0.05, 0.1) is 20.5 Å². The summed E-state index contributed by atoms with van der Waals surface area (Å²) < 4.78 is 37.1. The van der Waals surface area contributed by atoms with E-state index in [9.17, 15) is 22.8 Å². The molecule has 0 aromatic heterocycles. The van der Waals surface area contributed by atoms with Gasteiger partial charge in [-0.3, -0.25) is 4.79 Å². The fourth-order valence-electron chi connectivity index (χ4n) is 1.98. The van der Waals surface area contributed by atoms with Gasteiger partial charge in [-0.15, -0.1) is 0 Å². The maximum absolute atomic E-state index is 10.9. The second kappa shape index (κ2) is 6.74. The van der Waals surface area contributed by atoms with Crippen molar-refractivity contribution in [2.24, 2.45) is 0 Å². The third-order valence-corrected chi connectivity index (χ3v) is 2.86. The zero-order valence-corrected chi connectivity index (χ0v) is 11.7. The number of hydrogen-bond donors (Lipinski definition) is 2. The maximum atomic E-state index is 10.9. The number of carbonyl (C=O) groups is 3. The first-order valence-electron chi connectivity index (χ1n) is 5.80. The Morgan fingerprint density at radius 2 is 1.62 bits per heavy atom. The molecular weight excluding hydrogens is 299 g/mol. The Balaban J connectivity index is 0.000000486. The molecule has 2 N–H and O–H groups in total. The van der Waals surface area contributed by atoms with Crippen molar-refractivity contribution in [1.29, 1.82) is 0 Å². The van der Waals surface area contributed by atoms with Gasteiger partial charge in [0.1, 0.15) is 6.54 Å². The molecule has 10 heteroatoms. The van der Waals surface area contributed by atoms with E-state index in [1.807, 2.05) is 14.1 Å². The minimum atomic E-state index is -5.08. The van der Waals surface area contributed by atoms with Gasteiger partial charge in [-0.2, -0.15) is 13.2 Å². The molecule has 0 aromatic carbocycles. The summed E-state index contributed by atoms with van der Waals surface area (Å²) in [7, 11) is 3.67. The molecule has 1 aliphatic heterocycles. The Morgan fingerprint density at radius 1 is 1.19 bits per heavy atom. The first-order valence-corrected chi connectivity index (χ1v) is 5.80. The summed E-state index contributed by atoms with van der Waals surface area (Å²) in [6.07, 6.45) is -4.94. The van der Waals surface area contributed by atoms with Crippen LogP contribution in [-0.4, -0.2) is 71.6 Å². The number of carboxylic acids is 2. The van der Waals surface area contributed by atoms with Crippen molar-refractivity contribution in [3.8, 4) is 0 Å². The average Bonchev–Trinajstić information content (AvgIpc) is 2.51. The molecule has 1 heterocycles. The largest absolute Gasteiger partial charge is 0.490 e. The number of rotatable bonds is 2. The van der Waals surface area contributed by atoms with Crippen LogP contribution in [0, 0.1) is 0 Å². The first-order chi connectivity index (χ1) is 9.27. The van der Waals surface area contributed by atoms with Gasteiger partial charge in [0.25, 0.3) is 0 Å². The highest BCUT2D eigenvalue weighted by Gasteiger charge is 2.46. The van der Waals surface area contributed by atoms with Crippen LogP contribution in [0.15, 0.2) is 0 Å². The predicted octanol–water partition coefficient (Wildman–Crippen LogP) is 0.485. The van der Waals surface area contributed by atoms with E-state index in [1.54, 1.807) is 0 Å². The van der Waals surface area contributed by atoms with Gasteiger partial charge in [-0.25, -0.2) is 9.59 Å². The number of likely N-dealkylation sites (tertiary alicyclic amines) is 1. The number of esters is 1. The zero-order valence-electron chi connectivity index (χ0n) is 11.7. The second-order valence-electron chi connectivity index (χ2n) is 5.09. The van der Waals surface area contributed by atoms with Gasteiger partial charge in [-0.05, 0) is 0 Å². The van der Waals surface area contributed by atoms with E-state index in [-0.39, 0.29) is 12.1 Å². The van der Waals surface area contributed by atoms with Gasteiger partial charge >= 0.3 is 24.1 Å². The number of carbonyl (C=O) groups excluding carboxylic acids is 1. The van der Waals surface area contributed by atoms with E-state index >= 15 is 0 Å². The number of likely N-dealkylation sites (N-methyl/N-ethyl adjacent to an activating group) is 1. The number of carboxylic acid groups (broad SMARTS) is 2. The normalized spacial score (nSPS) is 23.7. The van der Waals surface area contributed by atoms with Gasteiger partial charge < -0.3 is 19.4 Å². The third kappa shape index (κ3) is 6.43. The van der Waals surface area contributed by atoms with Crippen LogP contribution in [-0.2, 0) is 19.1 Å². The monoisotopic (exact) mass is 316 g/mol. The van der Waals surface area contributed by atoms with Crippen LogP contribution < -0.4 is 0 Å². The molecule has 122 valence electrons. The Labute approximate surface area is 118 Å². The van der Waals surface area contributed by atoms with Gasteiger partial charge in [0.15, 0.2) is 12.1 Å². The van der Waals surface area contributed by atoms with Crippen molar-refractivity contribution < 1.29 is 47.0 Å². The minimum absolute atomic E-state index is 0.261. The molecule has 0 aliphatic carbocycles. The lowest BCUT2D eigenvalue weighted by molar-refractivity contribution is -0.894. The lowest BCUT2D eigenvalue weighted by atomic mass is 10.2. The smallest absolute Gasteiger partial charge is 0.477 e. The van der Waals surface area contributed by atoms with E-state index in [0.29, 0.717) is 17.4 Å². The number of quaternary nitrogens is 1. The van der Waals surface area contributed by atoms with Gasteiger partial charge in [0.2, 0.25) is 0 Å². The summed E-state index contributed by atoms with van der Waals surface area (Å²) in [5.41, 5.74) is 0. The fraction of sp³-hybridized carbons (Fsp3) is 0.727. The van der Waals surface area contributed by atoms with E-state index in [0.717, 1.165) is 0 Å². The van der Waals surface area contributed by atoms with E-state index in [1.165, 1.54) is 6.92 Å². The zero-order chi connectivity index (χ0) is 17.0. The van der Waals surface area contributed by atoms with Crippen LogP contribution in [0.5, 0.6) is 0 Å². The molecule has 0 spiro atoms. The number of ether oxygens (including phenoxy) is 1. The molecular formula is C11H17F3NO6+. The summed E-state index contributed by atoms with van der Waals surface area (Å²) in [5, 5.41) is 16.1. The molecule has 0 saturated carbocycles. The number of halogens is 3. The number of hydrogen-bond acceptors (Lipinski definition) is 4. The molecule has 0 radical (unpaired) electrons. The number of aliphatic carboxylic acids is 2. The molecule has 1 aliphatic rings. The number of alkyl halides is 3. The highest BCUT2D eigenvalue weighted by atomic mass is 19.4. The Bertz CT molecular complexity index is 421. The van der Waals surface area contributed by atoms with Crippen LogP contribution in [0.2, 0.25) is 0 Å². The predicted molar refractivity (Wildman–Crippen MR) is 62.3 cm³/mol. The van der Waals surface area contributed by atoms with Crippen molar-refractivity contribution in [1.82, 2.24) is 0 Å². The topological polar surface area (TPSA) is 101 Å². The summed E-state index contributed by atoms with van der Waals surface area (Å²) in [5.74, 6) is -3.93. The van der Waals surface area contributed by atoms with Crippen molar-refractivity contribution in [3.63, 3.8) is 0 Å². The standard InChI is InChI=1S/C9H15NO4.C2HF3O2/c1-6(11)14-7-4-8(9(12)13)10(2,3)5-7;3-2(4,5)1(6)7/h7-8H,4-5H2,1-3H3;(H,6,7)/p+1/t7?,8-;/m0./s1. The molecule has 0 bridgehead atoms. The minimum Gasteiger partial charge on any atom is -0.477 e. The second-order valence-corrected chi connectivity index (χ2v) is 5.09. The third-order valence-electron chi connectivity index (χ3n) is 2.86. The SMILES string of the molecule is CC(=O)OC1C[C@@H](C(=O)O)[N+](C)(C)C1.O=C(O)C(F)(F)F. The number of nitrogens with zero attached hydrogens (tertiary/aromatic N) is 1. The van der Waals surface area contributed by atoms with E-state index in [2.05, 4.69) is 0 Å². The van der Waals surface area contributed by atoms with Crippen LogP contribution in [0.3, 0.4) is 0 Å². The Hall–Kier alpha value is -1.84. The molecule has 1 saturated heterocycles. The van der Waals surface area contributed by atoms with Crippen molar-refractivity contribution >= 4 is 17.9 Å². The molecule has 2 atom stereocenters. The highest BCUT2D eigenvalue weighted by Crippen LogP contribution is 2.25. The molecule has 0 amide bonds. The summed E-state index contributed by atoms with van der Waals surface area (Å²) in [4.78, 5) is 30.5. The van der Waals surface area contributed by atoms with Gasteiger partial charge in [-0.1, -0.05) is 0 Å². The average molecular weight is 316 g/mol. The van der Waals surface area contributed by atoms with Crippen molar-refractivity contribution in [2.45, 2.75) is 31.7 Å². The fourth-order valence-corrected chi connectivity index (χ4v) is 1.98. The van der Waals surface area contributed by atoms with E-state index in [4.69, 9.17) is 19.7 Å². The molecule has 1 fully saturated rings. The summed E-state index contributed by atoms with van der Waals surface area (Å²) >= 11 is 0. The molecule has 1 unspecified atom stereocenters. The lowest BCUT2D eigenvalue weighted by Crippen LogP contribution is -2.48. The molecule has 21 heavy (non-hydrogen) atoms. The van der Waals surface area contributed by atoms with Crippen molar-refractivity contribution in [3.05, 3.63) is 0 Å². The molecule has 1 rings (SSSR count). The first kappa shape index (κ1) is 19.2. The van der Waals surface area contributed by atoms with Crippen LogP contribution >= 0.6 is 0 Å².